The van der Waals surface area contributed by atoms with Gasteiger partial charge in [0.15, 0.2) is 5.78 Å². The van der Waals surface area contributed by atoms with Gasteiger partial charge >= 0.3 is 0 Å². The van der Waals surface area contributed by atoms with Crippen molar-refractivity contribution in [3.63, 3.8) is 0 Å². The molecule has 3 rings (SSSR count). The van der Waals surface area contributed by atoms with Gasteiger partial charge in [-0.25, -0.2) is 0 Å². The zero-order chi connectivity index (χ0) is 14.1. The quantitative estimate of drug-likeness (QED) is 0.836. The number of Topliss-reactive ketones (excluding diaryl/α,β-unsaturated/α-hetero) is 1. The van der Waals surface area contributed by atoms with E-state index in [1.165, 1.54) is 7.11 Å². The molecule has 0 fully saturated rings. The van der Waals surface area contributed by atoms with E-state index in [2.05, 4.69) is 0 Å². The van der Waals surface area contributed by atoms with Gasteiger partial charge in [0.1, 0.15) is 17.6 Å². The first-order chi connectivity index (χ1) is 9.69. The van der Waals surface area contributed by atoms with Crippen molar-refractivity contribution in [1.82, 2.24) is 0 Å². The van der Waals surface area contributed by atoms with Gasteiger partial charge < -0.3 is 9.47 Å². The normalized spacial score (nSPS) is 17.3. The number of hydrogen-bond acceptors (Lipinski definition) is 3. The van der Waals surface area contributed by atoms with Gasteiger partial charge in [-0.2, -0.15) is 0 Å². The molecule has 0 spiro atoms. The molecule has 20 heavy (non-hydrogen) atoms. The van der Waals surface area contributed by atoms with Gasteiger partial charge in [0, 0.05) is 6.07 Å². The van der Waals surface area contributed by atoms with Gasteiger partial charge in [0.25, 0.3) is 0 Å². The average Bonchev–Trinajstić information content (AvgIpc) is 2.48. The molecule has 0 radical (unpaired) electrons. The molecule has 1 aliphatic heterocycles. The van der Waals surface area contributed by atoms with Crippen LogP contribution in [0.5, 0.6) is 11.5 Å². The predicted molar refractivity (Wildman–Crippen MR) is 76.8 cm³/mol. The number of carbonyl (C=O) groups excluding carboxylic acids is 1. The average molecular weight is 289 g/mol. The Labute approximate surface area is 122 Å². The summed E-state index contributed by atoms with van der Waals surface area (Å²) in [6.07, 6.45) is 0.0572. The fraction of sp³-hybridized carbons (Fsp3) is 0.188. The van der Waals surface area contributed by atoms with E-state index >= 15 is 0 Å². The highest BCUT2D eigenvalue weighted by molar-refractivity contribution is 6.32. The number of methoxy groups -OCH3 is 1. The highest BCUT2D eigenvalue weighted by atomic mass is 35.5. The summed E-state index contributed by atoms with van der Waals surface area (Å²) in [5.41, 5.74) is 1.50. The zero-order valence-electron chi connectivity index (χ0n) is 10.9. The lowest BCUT2D eigenvalue weighted by atomic mass is 9.96. The summed E-state index contributed by atoms with van der Waals surface area (Å²) in [5, 5.41) is 0.418. The van der Waals surface area contributed by atoms with Crippen LogP contribution >= 0.6 is 11.6 Å². The molecular formula is C16H13ClO3. The molecule has 1 heterocycles. The monoisotopic (exact) mass is 288 g/mol. The third kappa shape index (κ3) is 2.25. The largest absolute Gasteiger partial charge is 0.495 e. The van der Waals surface area contributed by atoms with Crippen molar-refractivity contribution in [3.8, 4) is 11.5 Å². The highest BCUT2D eigenvalue weighted by Crippen LogP contribution is 2.40. The first-order valence-corrected chi connectivity index (χ1v) is 6.69. The molecule has 2 aromatic rings. The molecule has 2 aromatic carbocycles. The first kappa shape index (κ1) is 13.0. The molecule has 1 atom stereocenters. The van der Waals surface area contributed by atoms with Crippen LogP contribution in [0.25, 0.3) is 0 Å². The van der Waals surface area contributed by atoms with Crippen molar-refractivity contribution >= 4 is 17.4 Å². The molecule has 1 aliphatic rings. The van der Waals surface area contributed by atoms with E-state index in [-0.39, 0.29) is 11.9 Å². The number of hydrogen-bond donors (Lipinski definition) is 0. The van der Waals surface area contributed by atoms with Gasteiger partial charge in [-0.05, 0) is 11.6 Å². The molecule has 0 amide bonds. The van der Waals surface area contributed by atoms with Crippen molar-refractivity contribution in [2.75, 3.05) is 7.11 Å². The standard InChI is InChI=1S/C16H13ClO3/c1-19-16-9-15-11(7-12(16)17)13(18)8-14(20-15)10-5-3-2-4-6-10/h2-7,9,14H,8H2,1H3. The number of benzene rings is 2. The van der Waals surface area contributed by atoms with E-state index in [9.17, 15) is 4.79 Å². The third-order valence-corrected chi connectivity index (χ3v) is 3.66. The number of ether oxygens (including phenoxy) is 2. The summed E-state index contributed by atoms with van der Waals surface area (Å²) in [7, 11) is 1.53. The summed E-state index contributed by atoms with van der Waals surface area (Å²) >= 11 is 6.05. The molecule has 0 N–H and O–H groups in total. The zero-order valence-corrected chi connectivity index (χ0v) is 11.7. The van der Waals surface area contributed by atoms with Crippen molar-refractivity contribution in [3.05, 3.63) is 58.6 Å². The lowest BCUT2D eigenvalue weighted by Crippen LogP contribution is -2.20. The van der Waals surface area contributed by atoms with Gasteiger partial charge in [0.2, 0.25) is 0 Å². The fourth-order valence-corrected chi connectivity index (χ4v) is 2.57. The maximum Gasteiger partial charge on any atom is 0.170 e. The summed E-state index contributed by atoms with van der Waals surface area (Å²) in [6, 6.07) is 13.0. The summed E-state index contributed by atoms with van der Waals surface area (Å²) in [5.74, 6) is 1.06. The number of rotatable bonds is 2. The highest BCUT2D eigenvalue weighted by Gasteiger charge is 2.28. The van der Waals surface area contributed by atoms with Crippen LogP contribution in [-0.2, 0) is 0 Å². The molecule has 1 unspecified atom stereocenters. The SMILES string of the molecule is COc1cc2c(cc1Cl)C(=O)CC(c1ccccc1)O2. The topological polar surface area (TPSA) is 35.5 Å². The van der Waals surface area contributed by atoms with Crippen LogP contribution in [0.1, 0.15) is 28.4 Å². The minimum absolute atomic E-state index is 0.0321. The summed E-state index contributed by atoms with van der Waals surface area (Å²) in [4.78, 5) is 12.2. The lowest BCUT2D eigenvalue weighted by Gasteiger charge is -2.26. The minimum Gasteiger partial charge on any atom is -0.495 e. The van der Waals surface area contributed by atoms with Crippen LogP contribution in [0.15, 0.2) is 42.5 Å². The van der Waals surface area contributed by atoms with E-state index in [1.807, 2.05) is 30.3 Å². The van der Waals surface area contributed by atoms with Crippen LogP contribution in [0.3, 0.4) is 0 Å². The van der Waals surface area contributed by atoms with Crippen molar-refractivity contribution in [2.45, 2.75) is 12.5 Å². The molecule has 0 bridgehead atoms. The summed E-state index contributed by atoms with van der Waals surface area (Å²) < 4.78 is 11.1. The Kier molecular flexibility index (Phi) is 3.36. The number of carbonyl (C=O) groups is 1. The van der Waals surface area contributed by atoms with Crippen LogP contribution in [0, 0.1) is 0 Å². The van der Waals surface area contributed by atoms with E-state index in [4.69, 9.17) is 21.1 Å². The van der Waals surface area contributed by atoms with E-state index in [1.54, 1.807) is 12.1 Å². The Morgan fingerprint density at radius 1 is 1.25 bits per heavy atom. The Morgan fingerprint density at radius 2 is 2.00 bits per heavy atom. The van der Waals surface area contributed by atoms with Crippen LogP contribution < -0.4 is 9.47 Å². The van der Waals surface area contributed by atoms with E-state index in [0.29, 0.717) is 28.5 Å². The number of fused-ring (bicyclic) bond motifs is 1. The lowest BCUT2D eigenvalue weighted by molar-refractivity contribution is 0.0849. The molecule has 3 nitrogen and oxygen atoms in total. The number of halogens is 1. The van der Waals surface area contributed by atoms with Crippen LogP contribution in [0.4, 0.5) is 0 Å². The van der Waals surface area contributed by atoms with Crippen LogP contribution in [-0.4, -0.2) is 12.9 Å². The van der Waals surface area contributed by atoms with E-state index in [0.717, 1.165) is 5.56 Å². The van der Waals surface area contributed by atoms with Crippen molar-refractivity contribution in [1.29, 1.82) is 0 Å². The Balaban J connectivity index is 2.00. The molecular weight excluding hydrogens is 276 g/mol. The third-order valence-electron chi connectivity index (χ3n) is 3.37. The molecule has 0 saturated heterocycles. The maximum atomic E-state index is 12.2. The molecule has 102 valence electrons. The molecule has 0 aromatic heterocycles. The molecule has 0 saturated carbocycles. The maximum absolute atomic E-state index is 12.2. The van der Waals surface area contributed by atoms with Gasteiger partial charge in [0.05, 0.1) is 24.1 Å². The summed E-state index contributed by atoms with van der Waals surface area (Å²) in [6.45, 7) is 0. The Morgan fingerprint density at radius 3 is 2.70 bits per heavy atom. The van der Waals surface area contributed by atoms with Gasteiger partial charge in [-0.3, -0.25) is 4.79 Å². The Hall–Kier alpha value is -2.00. The second-order valence-corrected chi connectivity index (χ2v) is 5.03. The van der Waals surface area contributed by atoms with Crippen LogP contribution in [0.2, 0.25) is 5.02 Å². The number of ketones is 1. The molecule has 0 aliphatic carbocycles. The smallest absolute Gasteiger partial charge is 0.170 e. The first-order valence-electron chi connectivity index (χ1n) is 6.31. The Bertz CT molecular complexity index is 652. The van der Waals surface area contributed by atoms with Gasteiger partial charge in [-0.15, -0.1) is 0 Å². The second kappa shape index (κ2) is 5.17. The fourth-order valence-electron chi connectivity index (χ4n) is 2.33. The predicted octanol–water partition coefficient (Wildman–Crippen LogP) is 4.06. The minimum atomic E-state index is -0.262. The molecule has 4 heteroatoms. The van der Waals surface area contributed by atoms with Gasteiger partial charge in [-0.1, -0.05) is 41.9 Å². The van der Waals surface area contributed by atoms with E-state index < -0.39 is 0 Å². The second-order valence-electron chi connectivity index (χ2n) is 4.63. The van der Waals surface area contributed by atoms with Crippen molar-refractivity contribution in [2.24, 2.45) is 0 Å². The van der Waals surface area contributed by atoms with Crippen molar-refractivity contribution < 1.29 is 14.3 Å².